The van der Waals surface area contributed by atoms with Crippen molar-refractivity contribution in [1.29, 1.82) is 0 Å². The number of nitrogens with one attached hydrogen (secondary N) is 1. The van der Waals surface area contributed by atoms with Crippen LogP contribution in [0.25, 0.3) is 21.5 Å². The maximum absolute atomic E-state index is 6.21. The van der Waals surface area contributed by atoms with Gasteiger partial charge < -0.3 is 10.2 Å². The molecule has 6 heteroatoms. The van der Waals surface area contributed by atoms with E-state index in [1.165, 1.54) is 11.3 Å². The Kier molecular flexibility index (Phi) is 3.70. The van der Waals surface area contributed by atoms with Gasteiger partial charge in [-0.1, -0.05) is 41.9 Å². The SMILES string of the molecule is Clc1cc2c(-c3ccccc3)nc(N3CCNCC3)nc2s1. The lowest BCUT2D eigenvalue weighted by Gasteiger charge is -2.27. The number of anilines is 1. The molecule has 1 aliphatic rings. The third-order valence-electron chi connectivity index (χ3n) is 3.80. The first kappa shape index (κ1) is 13.9. The molecule has 0 unspecified atom stereocenters. The van der Waals surface area contributed by atoms with Crippen molar-refractivity contribution in [2.24, 2.45) is 0 Å². The zero-order chi connectivity index (χ0) is 14.9. The van der Waals surface area contributed by atoms with Gasteiger partial charge in [-0.25, -0.2) is 9.97 Å². The van der Waals surface area contributed by atoms with Crippen LogP contribution in [0.3, 0.4) is 0 Å². The first-order chi connectivity index (χ1) is 10.8. The Morgan fingerprint density at radius 1 is 1.09 bits per heavy atom. The van der Waals surface area contributed by atoms with E-state index in [-0.39, 0.29) is 0 Å². The van der Waals surface area contributed by atoms with E-state index < -0.39 is 0 Å². The quantitative estimate of drug-likeness (QED) is 0.781. The van der Waals surface area contributed by atoms with Gasteiger partial charge in [-0.15, -0.1) is 11.3 Å². The molecular formula is C16H15ClN4S. The Bertz CT molecular complexity index is 797. The van der Waals surface area contributed by atoms with Crippen molar-refractivity contribution in [2.45, 2.75) is 0 Å². The van der Waals surface area contributed by atoms with Gasteiger partial charge in [0.25, 0.3) is 0 Å². The highest BCUT2D eigenvalue weighted by atomic mass is 35.5. The molecule has 2 aromatic heterocycles. The number of hydrogen-bond donors (Lipinski definition) is 1. The fourth-order valence-electron chi connectivity index (χ4n) is 2.70. The van der Waals surface area contributed by atoms with Crippen LogP contribution in [-0.4, -0.2) is 36.1 Å². The van der Waals surface area contributed by atoms with Gasteiger partial charge in [-0.2, -0.15) is 0 Å². The summed E-state index contributed by atoms with van der Waals surface area (Å²) in [5.74, 6) is 0.798. The molecule has 1 aromatic carbocycles. The second kappa shape index (κ2) is 5.83. The molecule has 3 heterocycles. The maximum Gasteiger partial charge on any atom is 0.227 e. The van der Waals surface area contributed by atoms with E-state index in [4.69, 9.17) is 21.6 Å². The zero-order valence-electron chi connectivity index (χ0n) is 11.9. The average molecular weight is 331 g/mol. The molecule has 1 saturated heterocycles. The van der Waals surface area contributed by atoms with Crippen molar-refractivity contribution in [1.82, 2.24) is 15.3 Å². The lowest BCUT2D eigenvalue weighted by molar-refractivity contribution is 0.581. The minimum atomic E-state index is 0.749. The lowest BCUT2D eigenvalue weighted by Crippen LogP contribution is -2.44. The summed E-state index contributed by atoms with van der Waals surface area (Å²) in [6, 6.07) is 12.2. The molecule has 0 atom stereocenters. The molecule has 112 valence electrons. The second-order valence-corrected chi connectivity index (χ2v) is 6.91. The second-order valence-electron chi connectivity index (χ2n) is 5.24. The molecule has 1 aliphatic heterocycles. The predicted molar refractivity (Wildman–Crippen MR) is 92.9 cm³/mol. The molecule has 0 bridgehead atoms. The zero-order valence-corrected chi connectivity index (χ0v) is 13.5. The summed E-state index contributed by atoms with van der Waals surface area (Å²) >= 11 is 7.72. The maximum atomic E-state index is 6.21. The summed E-state index contributed by atoms with van der Waals surface area (Å²) in [6.45, 7) is 3.79. The number of halogens is 1. The van der Waals surface area contributed by atoms with Crippen LogP contribution in [-0.2, 0) is 0 Å². The van der Waals surface area contributed by atoms with E-state index in [2.05, 4.69) is 22.3 Å². The molecule has 0 spiro atoms. The van der Waals surface area contributed by atoms with E-state index in [0.29, 0.717) is 0 Å². The van der Waals surface area contributed by atoms with E-state index >= 15 is 0 Å². The van der Waals surface area contributed by atoms with Gasteiger partial charge in [0.15, 0.2) is 0 Å². The number of nitrogens with zero attached hydrogens (tertiary/aromatic N) is 3. The Hall–Kier alpha value is -1.69. The molecule has 1 N–H and O–H groups in total. The van der Waals surface area contributed by atoms with Gasteiger partial charge in [-0.05, 0) is 6.07 Å². The van der Waals surface area contributed by atoms with Crippen molar-refractivity contribution >= 4 is 39.1 Å². The number of fused-ring (bicyclic) bond motifs is 1. The highest BCUT2D eigenvalue weighted by Crippen LogP contribution is 2.35. The molecule has 3 aromatic rings. The van der Waals surface area contributed by atoms with E-state index in [9.17, 15) is 0 Å². The number of hydrogen-bond acceptors (Lipinski definition) is 5. The van der Waals surface area contributed by atoms with Gasteiger partial charge in [0, 0.05) is 37.1 Å². The van der Waals surface area contributed by atoms with Crippen LogP contribution in [0.5, 0.6) is 0 Å². The van der Waals surface area contributed by atoms with Gasteiger partial charge in [0.05, 0.1) is 10.0 Å². The third kappa shape index (κ3) is 2.56. The summed E-state index contributed by atoms with van der Waals surface area (Å²) in [5.41, 5.74) is 2.06. The number of aromatic nitrogens is 2. The molecule has 4 nitrogen and oxygen atoms in total. The van der Waals surface area contributed by atoms with Crippen LogP contribution < -0.4 is 10.2 Å². The van der Waals surface area contributed by atoms with Gasteiger partial charge >= 0.3 is 0 Å². The van der Waals surface area contributed by atoms with Crippen LogP contribution in [0.1, 0.15) is 0 Å². The van der Waals surface area contributed by atoms with Crippen LogP contribution in [0.2, 0.25) is 4.34 Å². The normalized spacial score (nSPS) is 15.4. The Labute approximate surface area is 137 Å². The Morgan fingerprint density at radius 2 is 1.86 bits per heavy atom. The summed E-state index contributed by atoms with van der Waals surface area (Å²) in [6.07, 6.45) is 0. The van der Waals surface area contributed by atoms with Crippen molar-refractivity contribution in [2.75, 3.05) is 31.1 Å². The smallest absolute Gasteiger partial charge is 0.227 e. The summed E-state index contributed by atoms with van der Waals surface area (Å²) in [4.78, 5) is 12.8. The average Bonchev–Trinajstić information content (AvgIpc) is 2.95. The van der Waals surface area contributed by atoms with Gasteiger partial charge in [0.2, 0.25) is 5.95 Å². The van der Waals surface area contributed by atoms with Crippen molar-refractivity contribution in [3.05, 3.63) is 40.7 Å². The Balaban J connectivity index is 1.89. The number of benzene rings is 1. The fourth-order valence-corrected chi connectivity index (χ4v) is 3.79. The minimum absolute atomic E-state index is 0.749. The molecule has 0 saturated carbocycles. The van der Waals surface area contributed by atoms with Crippen LogP contribution in [0, 0.1) is 0 Å². The standard InChI is InChI=1S/C16H15ClN4S/c17-13-10-12-14(11-4-2-1-3-5-11)19-16(20-15(12)22-13)21-8-6-18-7-9-21/h1-5,10,18H,6-9H2. The third-order valence-corrected chi connectivity index (χ3v) is 4.96. The van der Waals surface area contributed by atoms with E-state index in [0.717, 1.165) is 57.9 Å². The number of piperazine rings is 1. The van der Waals surface area contributed by atoms with Crippen molar-refractivity contribution in [3.8, 4) is 11.3 Å². The molecule has 0 amide bonds. The molecule has 1 fully saturated rings. The monoisotopic (exact) mass is 330 g/mol. The predicted octanol–water partition coefficient (Wildman–Crippen LogP) is 3.42. The van der Waals surface area contributed by atoms with Gasteiger partial charge in [-0.3, -0.25) is 0 Å². The van der Waals surface area contributed by atoms with Crippen LogP contribution in [0.4, 0.5) is 5.95 Å². The van der Waals surface area contributed by atoms with Crippen molar-refractivity contribution in [3.63, 3.8) is 0 Å². The molecule has 4 rings (SSSR count). The van der Waals surface area contributed by atoms with Crippen LogP contribution >= 0.6 is 22.9 Å². The van der Waals surface area contributed by atoms with E-state index in [1.807, 2.05) is 24.3 Å². The van der Waals surface area contributed by atoms with Gasteiger partial charge in [0.1, 0.15) is 4.83 Å². The highest BCUT2D eigenvalue weighted by Gasteiger charge is 2.18. The first-order valence-corrected chi connectivity index (χ1v) is 8.49. The Morgan fingerprint density at radius 3 is 2.64 bits per heavy atom. The summed E-state index contributed by atoms with van der Waals surface area (Å²) < 4.78 is 0.749. The summed E-state index contributed by atoms with van der Waals surface area (Å²) in [5, 5.41) is 4.38. The summed E-state index contributed by atoms with van der Waals surface area (Å²) in [7, 11) is 0. The largest absolute Gasteiger partial charge is 0.338 e. The van der Waals surface area contributed by atoms with E-state index in [1.54, 1.807) is 0 Å². The topological polar surface area (TPSA) is 41.1 Å². The van der Waals surface area contributed by atoms with Crippen molar-refractivity contribution < 1.29 is 0 Å². The minimum Gasteiger partial charge on any atom is -0.338 e. The molecule has 22 heavy (non-hydrogen) atoms. The molecular weight excluding hydrogens is 316 g/mol. The fraction of sp³-hybridized carbons (Fsp3) is 0.250. The number of rotatable bonds is 2. The molecule has 0 aliphatic carbocycles. The number of thiophene rings is 1. The lowest BCUT2D eigenvalue weighted by atomic mass is 10.1. The first-order valence-electron chi connectivity index (χ1n) is 7.29. The molecule has 0 radical (unpaired) electrons. The highest BCUT2D eigenvalue weighted by molar-refractivity contribution is 7.22. The van der Waals surface area contributed by atoms with Crippen LogP contribution in [0.15, 0.2) is 36.4 Å².